The second-order valence-corrected chi connectivity index (χ2v) is 6.93. The van der Waals surface area contributed by atoms with Crippen LogP contribution in [0.25, 0.3) is 0 Å². The zero-order valence-corrected chi connectivity index (χ0v) is 13.3. The summed E-state index contributed by atoms with van der Waals surface area (Å²) in [6, 6.07) is 5.78. The SMILES string of the molecule is CC(C)CNCC1CCC1Cc1cc(Cl)ccc1Cl. The Morgan fingerprint density at radius 2 is 1.95 bits per heavy atom. The van der Waals surface area contributed by atoms with Crippen molar-refractivity contribution in [1.82, 2.24) is 5.32 Å². The van der Waals surface area contributed by atoms with Gasteiger partial charge in [-0.05, 0) is 73.9 Å². The summed E-state index contributed by atoms with van der Waals surface area (Å²) in [5.74, 6) is 2.28. The maximum absolute atomic E-state index is 6.24. The van der Waals surface area contributed by atoms with E-state index >= 15 is 0 Å². The lowest BCUT2D eigenvalue weighted by Gasteiger charge is -2.37. The van der Waals surface area contributed by atoms with E-state index in [1.54, 1.807) is 0 Å². The average Bonchev–Trinajstić information content (AvgIpc) is 2.34. The van der Waals surface area contributed by atoms with Crippen LogP contribution in [0.1, 0.15) is 32.3 Å². The molecule has 2 atom stereocenters. The Balaban J connectivity index is 1.84. The van der Waals surface area contributed by atoms with Gasteiger partial charge in [0.05, 0.1) is 0 Å². The van der Waals surface area contributed by atoms with Crippen LogP contribution in [-0.2, 0) is 6.42 Å². The van der Waals surface area contributed by atoms with Gasteiger partial charge in [0, 0.05) is 10.0 Å². The smallest absolute Gasteiger partial charge is 0.0439 e. The van der Waals surface area contributed by atoms with Crippen LogP contribution >= 0.6 is 23.2 Å². The normalized spacial score (nSPS) is 22.6. The molecule has 1 fully saturated rings. The molecule has 1 aromatic rings. The lowest BCUT2D eigenvalue weighted by Crippen LogP contribution is -2.37. The molecule has 0 radical (unpaired) electrons. The molecule has 0 bridgehead atoms. The zero-order valence-electron chi connectivity index (χ0n) is 11.8. The number of hydrogen-bond donors (Lipinski definition) is 1. The third-order valence-electron chi connectivity index (χ3n) is 4.02. The molecule has 0 spiro atoms. The maximum atomic E-state index is 6.24. The van der Waals surface area contributed by atoms with Crippen molar-refractivity contribution < 1.29 is 0 Å². The molecular formula is C16H23Cl2N. The van der Waals surface area contributed by atoms with Crippen molar-refractivity contribution in [2.24, 2.45) is 17.8 Å². The molecule has 1 N–H and O–H groups in total. The highest BCUT2D eigenvalue weighted by atomic mass is 35.5. The molecule has 106 valence electrons. The molecule has 1 aromatic carbocycles. The quantitative estimate of drug-likeness (QED) is 0.795. The van der Waals surface area contributed by atoms with E-state index in [0.717, 1.165) is 47.3 Å². The van der Waals surface area contributed by atoms with E-state index in [1.165, 1.54) is 18.4 Å². The minimum atomic E-state index is 0.723. The van der Waals surface area contributed by atoms with E-state index in [0.29, 0.717) is 0 Å². The molecule has 1 nitrogen and oxygen atoms in total. The minimum absolute atomic E-state index is 0.723. The molecule has 2 unspecified atom stereocenters. The third-order valence-corrected chi connectivity index (χ3v) is 4.63. The van der Waals surface area contributed by atoms with Crippen molar-refractivity contribution in [3.63, 3.8) is 0 Å². The maximum Gasteiger partial charge on any atom is 0.0439 e. The Morgan fingerprint density at radius 1 is 1.21 bits per heavy atom. The lowest BCUT2D eigenvalue weighted by atomic mass is 9.70. The molecule has 2 rings (SSSR count). The van der Waals surface area contributed by atoms with Crippen LogP contribution in [0.2, 0.25) is 10.0 Å². The molecule has 0 aromatic heterocycles. The van der Waals surface area contributed by atoms with Gasteiger partial charge in [0.15, 0.2) is 0 Å². The number of rotatable bonds is 6. The summed E-state index contributed by atoms with van der Waals surface area (Å²) in [6.45, 7) is 6.75. The van der Waals surface area contributed by atoms with Gasteiger partial charge in [-0.1, -0.05) is 37.0 Å². The molecule has 19 heavy (non-hydrogen) atoms. The molecule has 3 heteroatoms. The number of halogens is 2. The Hall–Kier alpha value is -0.240. The minimum Gasteiger partial charge on any atom is -0.316 e. The molecular weight excluding hydrogens is 277 g/mol. The van der Waals surface area contributed by atoms with Crippen LogP contribution < -0.4 is 5.32 Å². The Kier molecular flexibility index (Phi) is 5.56. The van der Waals surface area contributed by atoms with Crippen LogP contribution in [0.3, 0.4) is 0 Å². The van der Waals surface area contributed by atoms with Gasteiger partial charge in [-0.25, -0.2) is 0 Å². The van der Waals surface area contributed by atoms with Crippen molar-refractivity contribution in [2.45, 2.75) is 33.1 Å². The van der Waals surface area contributed by atoms with Gasteiger partial charge in [0.2, 0.25) is 0 Å². The first-order valence-corrected chi connectivity index (χ1v) is 7.96. The highest BCUT2D eigenvalue weighted by Crippen LogP contribution is 2.38. The summed E-state index contributed by atoms with van der Waals surface area (Å²) < 4.78 is 0. The topological polar surface area (TPSA) is 12.0 Å². The summed E-state index contributed by atoms with van der Waals surface area (Å²) in [7, 11) is 0. The van der Waals surface area contributed by atoms with E-state index < -0.39 is 0 Å². The fraction of sp³-hybridized carbons (Fsp3) is 0.625. The van der Waals surface area contributed by atoms with E-state index in [-0.39, 0.29) is 0 Å². The molecule has 1 aliphatic rings. The lowest BCUT2D eigenvalue weighted by molar-refractivity contribution is 0.169. The van der Waals surface area contributed by atoms with Gasteiger partial charge in [-0.3, -0.25) is 0 Å². The second-order valence-electron chi connectivity index (χ2n) is 6.09. The van der Waals surface area contributed by atoms with Gasteiger partial charge >= 0.3 is 0 Å². The van der Waals surface area contributed by atoms with Crippen molar-refractivity contribution in [3.05, 3.63) is 33.8 Å². The van der Waals surface area contributed by atoms with Crippen LogP contribution in [0.15, 0.2) is 18.2 Å². The number of nitrogens with one attached hydrogen (secondary N) is 1. The number of hydrogen-bond acceptors (Lipinski definition) is 1. The van der Waals surface area contributed by atoms with Crippen LogP contribution in [-0.4, -0.2) is 13.1 Å². The third kappa shape index (κ3) is 4.37. The van der Waals surface area contributed by atoms with E-state index in [9.17, 15) is 0 Å². The van der Waals surface area contributed by atoms with Crippen molar-refractivity contribution in [1.29, 1.82) is 0 Å². The fourth-order valence-corrected chi connectivity index (χ4v) is 3.10. The van der Waals surface area contributed by atoms with Gasteiger partial charge in [0.25, 0.3) is 0 Å². The predicted molar refractivity (Wildman–Crippen MR) is 84.1 cm³/mol. The van der Waals surface area contributed by atoms with Gasteiger partial charge < -0.3 is 5.32 Å². The van der Waals surface area contributed by atoms with Gasteiger partial charge in [0.1, 0.15) is 0 Å². The van der Waals surface area contributed by atoms with Crippen LogP contribution in [0.4, 0.5) is 0 Å². The van der Waals surface area contributed by atoms with E-state index in [4.69, 9.17) is 23.2 Å². The Labute approximate surface area is 126 Å². The average molecular weight is 300 g/mol. The van der Waals surface area contributed by atoms with Crippen LogP contribution in [0.5, 0.6) is 0 Å². The van der Waals surface area contributed by atoms with Crippen molar-refractivity contribution in [2.75, 3.05) is 13.1 Å². The van der Waals surface area contributed by atoms with Crippen molar-refractivity contribution >= 4 is 23.2 Å². The highest BCUT2D eigenvalue weighted by molar-refractivity contribution is 6.33. The first-order chi connectivity index (χ1) is 9.06. The molecule has 0 amide bonds. The molecule has 1 aliphatic carbocycles. The second kappa shape index (κ2) is 6.97. The molecule has 0 saturated heterocycles. The zero-order chi connectivity index (χ0) is 13.8. The van der Waals surface area contributed by atoms with Gasteiger partial charge in [-0.15, -0.1) is 0 Å². The monoisotopic (exact) mass is 299 g/mol. The Bertz CT molecular complexity index is 417. The first-order valence-electron chi connectivity index (χ1n) is 7.21. The molecule has 0 heterocycles. The van der Waals surface area contributed by atoms with E-state index in [1.807, 2.05) is 18.2 Å². The molecule has 0 aliphatic heterocycles. The largest absolute Gasteiger partial charge is 0.316 e. The van der Waals surface area contributed by atoms with Gasteiger partial charge in [-0.2, -0.15) is 0 Å². The summed E-state index contributed by atoms with van der Waals surface area (Å²) in [4.78, 5) is 0. The summed E-state index contributed by atoms with van der Waals surface area (Å²) in [5.41, 5.74) is 1.20. The summed E-state index contributed by atoms with van der Waals surface area (Å²) >= 11 is 12.3. The standard InChI is InChI=1S/C16H23Cl2N/c1-11(2)9-19-10-13-4-3-12(13)7-14-8-15(17)5-6-16(14)18/h5-6,8,11-13,19H,3-4,7,9-10H2,1-2H3. The van der Waals surface area contributed by atoms with E-state index in [2.05, 4.69) is 19.2 Å². The van der Waals surface area contributed by atoms with Crippen LogP contribution in [0, 0.1) is 17.8 Å². The fourth-order valence-electron chi connectivity index (χ4n) is 2.72. The summed E-state index contributed by atoms with van der Waals surface area (Å²) in [6.07, 6.45) is 3.72. The molecule has 1 saturated carbocycles. The first kappa shape index (κ1) is 15.2. The predicted octanol–water partition coefficient (Wildman–Crippen LogP) is 4.81. The highest BCUT2D eigenvalue weighted by Gasteiger charge is 2.30. The summed E-state index contributed by atoms with van der Waals surface area (Å²) in [5, 5.41) is 5.21. The Morgan fingerprint density at radius 3 is 2.58 bits per heavy atom. The number of benzene rings is 1. The van der Waals surface area contributed by atoms with Crippen molar-refractivity contribution in [3.8, 4) is 0 Å².